The molecule has 4 heteroatoms. The van der Waals surface area contributed by atoms with Gasteiger partial charge in [-0.05, 0) is 32.6 Å². The Morgan fingerprint density at radius 1 is 1.56 bits per heavy atom. The molecule has 0 fully saturated rings. The van der Waals surface area contributed by atoms with Crippen LogP contribution in [0.25, 0.3) is 0 Å². The van der Waals surface area contributed by atoms with Crippen LogP contribution in [0.2, 0.25) is 0 Å². The van der Waals surface area contributed by atoms with E-state index in [0.29, 0.717) is 5.92 Å². The van der Waals surface area contributed by atoms with E-state index in [2.05, 4.69) is 26.0 Å². The molecule has 0 saturated heterocycles. The second-order valence-electron chi connectivity index (χ2n) is 5.30. The molecule has 0 aromatic carbocycles. The first kappa shape index (κ1) is 15.2. The molecule has 0 aromatic heterocycles. The van der Waals surface area contributed by atoms with Crippen molar-refractivity contribution in [2.24, 2.45) is 11.7 Å². The first-order chi connectivity index (χ1) is 8.47. The molecule has 1 heterocycles. The fourth-order valence-electron chi connectivity index (χ4n) is 2.16. The SMILES string of the molecule is CCC[C@@H](C)[C@@H]1C=CC[C@@H](C)N(C(=O)[C@H](C)N)O1. The minimum atomic E-state index is -0.521. The maximum atomic E-state index is 12.0. The van der Waals surface area contributed by atoms with E-state index >= 15 is 0 Å². The van der Waals surface area contributed by atoms with E-state index in [1.807, 2.05) is 6.92 Å². The molecule has 0 aliphatic carbocycles. The lowest BCUT2D eigenvalue weighted by Crippen LogP contribution is -2.47. The molecule has 1 rings (SSSR count). The van der Waals surface area contributed by atoms with Crippen molar-refractivity contribution in [3.63, 3.8) is 0 Å². The van der Waals surface area contributed by atoms with E-state index in [0.717, 1.165) is 19.3 Å². The zero-order valence-electron chi connectivity index (χ0n) is 11.9. The van der Waals surface area contributed by atoms with Gasteiger partial charge in [-0.3, -0.25) is 9.63 Å². The Morgan fingerprint density at radius 2 is 2.22 bits per heavy atom. The van der Waals surface area contributed by atoms with Crippen LogP contribution < -0.4 is 5.73 Å². The third kappa shape index (κ3) is 3.82. The minimum absolute atomic E-state index is 0.0300. The molecule has 4 nitrogen and oxygen atoms in total. The maximum Gasteiger partial charge on any atom is 0.263 e. The van der Waals surface area contributed by atoms with Gasteiger partial charge in [0.15, 0.2) is 0 Å². The van der Waals surface area contributed by atoms with Gasteiger partial charge >= 0.3 is 0 Å². The topological polar surface area (TPSA) is 55.6 Å². The number of nitrogens with two attached hydrogens (primary N) is 1. The van der Waals surface area contributed by atoms with Crippen LogP contribution in [0.1, 0.15) is 47.0 Å². The molecule has 1 aliphatic heterocycles. The average Bonchev–Trinajstić information content (AvgIpc) is 2.50. The van der Waals surface area contributed by atoms with Crippen molar-refractivity contribution < 1.29 is 9.63 Å². The number of hydroxylamine groups is 2. The van der Waals surface area contributed by atoms with Gasteiger partial charge in [0.1, 0.15) is 6.10 Å². The molecule has 18 heavy (non-hydrogen) atoms. The fraction of sp³-hybridized carbons (Fsp3) is 0.786. The lowest BCUT2D eigenvalue weighted by molar-refractivity contribution is -0.217. The Morgan fingerprint density at radius 3 is 2.78 bits per heavy atom. The van der Waals surface area contributed by atoms with E-state index in [-0.39, 0.29) is 18.1 Å². The van der Waals surface area contributed by atoms with Gasteiger partial charge in [-0.25, -0.2) is 5.06 Å². The van der Waals surface area contributed by atoms with Gasteiger partial charge in [-0.2, -0.15) is 0 Å². The van der Waals surface area contributed by atoms with Crippen LogP contribution >= 0.6 is 0 Å². The highest BCUT2D eigenvalue weighted by Crippen LogP contribution is 2.22. The molecule has 0 spiro atoms. The maximum absolute atomic E-state index is 12.0. The largest absolute Gasteiger partial charge is 0.320 e. The number of carbonyl (C=O) groups is 1. The predicted molar refractivity (Wildman–Crippen MR) is 72.7 cm³/mol. The number of carbonyl (C=O) groups excluding carboxylic acids is 1. The van der Waals surface area contributed by atoms with Gasteiger partial charge in [0.25, 0.3) is 5.91 Å². The van der Waals surface area contributed by atoms with Gasteiger partial charge in [0, 0.05) is 0 Å². The van der Waals surface area contributed by atoms with Crippen molar-refractivity contribution in [2.75, 3.05) is 0 Å². The molecule has 2 N–H and O–H groups in total. The number of hydrogen-bond acceptors (Lipinski definition) is 3. The number of amides is 1. The van der Waals surface area contributed by atoms with Crippen LogP contribution in [-0.4, -0.2) is 29.2 Å². The van der Waals surface area contributed by atoms with Crippen LogP contribution in [0.15, 0.2) is 12.2 Å². The zero-order chi connectivity index (χ0) is 13.7. The summed E-state index contributed by atoms with van der Waals surface area (Å²) in [5.74, 6) is 0.264. The Bertz CT molecular complexity index is 302. The van der Waals surface area contributed by atoms with Crippen LogP contribution in [-0.2, 0) is 9.63 Å². The highest BCUT2D eigenvalue weighted by atomic mass is 16.7. The van der Waals surface area contributed by atoms with Gasteiger partial charge in [-0.15, -0.1) is 0 Å². The smallest absolute Gasteiger partial charge is 0.263 e. The second-order valence-corrected chi connectivity index (χ2v) is 5.30. The summed E-state index contributed by atoms with van der Waals surface area (Å²) in [5.41, 5.74) is 5.67. The van der Waals surface area contributed by atoms with Crippen LogP contribution in [0, 0.1) is 5.92 Å². The van der Waals surface area contributed by atoms with Gasteiger partial charge in [-0.1, -0.05) is 32.4 Å². The molecule has 0 unspecified atom stereocenters. The molecular formula is C14H26N2O2. The monoisotopic (exact) mass is 254 g/mol. The lowest BCUT2D eigenvalue weighted by atomic mass is 9.99. The van der Waals surface area contributed by atoms with Crippen molar-refractivity contribution in [2.45, 2.75) is 65.1 Å². The molecule has 0 bridgehead atoms. The summed E-state index contributed by atoms with van der Waals surface area (Å²) in [7, 11) is 0. The van der Waals surface area contributed by atoms with Crippen molar-refractivity contribution in [1.29, 1.82) is 0 Å². The van der Waals surface area contributed by atoms with Crippen molar-refractivity contribution in [1.82, 2.24) is 5.06 Å². The van der Waals surface area contributed by atoms with Crippen LogP contribution in [0.3, 0.4) is 0 Å². The zero-order valence-corrected chi connectivity index (χ0v) is 11.9. The normalized spacial score (nSPS) is 27.7. The molecule has 0 radical (unpaired) electrons. The van der Waals surface area contributed by atoms with E-state index in [9.17, 15) is 4.79 Å². The summed E-state index contributed by atoms with van der Waals surface area (Å²) in [5, 5.41) is 1.47. The number of nitrogens with zero attached hydrogens (tertiary/aromatic N) is 1. The molecule has 1 amide bonds. The standard InChI is InChI=1S/C14H26N2O2/c1-5-7-10(2)13-9-6-8-11(3)16(18-13)14(17)12(4)15/h6,9-13H,5,7-8,15H2,1-4H3/t10-,11-,12+,13+/m1/s1. The lowest BCUT2D eigenvalue weighted by Gasteiger charge is -2.31. The Hall–Kier alpha value is -0.870. The Kier molecular flexibility index (Phi) is 5.82. The summed E-state index contributed by atoms with van der Waals surface area (Å²) < 4.78 is 0. The summed E-state index contributed by atoms with van der Waals surface area (Å²) in [6.07, 6.45) is 7.17. The van der Waals surface area contributed by atoms with Gasteiger partial charge in [0.05, 0.1) is 12.1 Å². The summed E-state index contributed by atoms with van der Waals surface area (Å²) >= 11 is 0. The fourth-order valence-corrected chi connectivity index (χ4v) is 2.16. The molecular weight excluding hydrogens is 228 g/mol. The quantitative estimate of drug-likeness (QED) is 0.783. The minimum Gasteiger partial charge on any atom is -0.320 e. The van der Waals surface area contributed by atoms with Crippen LogP contribution in [0.4, 0.5) is 0 Å². The summed E-state index contributed by atoms with van der Waals surface area (Å²) in [4.78, 5) is 17.9. The Labute approximate surface area is 110 Å². The highest BCUT2D eigenvalue weighted by molar-refractivity contribution is 5.80. The molecule has 0 aromatic rings. The second kappa shape index (κ2) is 6.90. The molecule has 1 aliphatic rings. The third-order valence-corrected chi connectivity index (χ3v) is 3.35. The highest BCUT2D eigenvalue weighted by Gasteiger charge is 2.29. The molecule has 4 atom stereocenters. The van der Waals surface area contributed by atoms with Crippen molar-refractivity contribution in [3.8, 4) is 0 Å². The van der Waals surface area contributed by atoms with Gasteiger partial charge < -0.3 is 5.73 Å². The summed E-state index contributed by atoms with van der Waals surface area (Å²) in [6, 6.07) is -0.480. The van der Waals surface area contributed by atoms with E-state index in [1.165, 1.54) is 5.06 Å². The van der Waals surface area contributed by atoms with Crippen molar-refractivity contribution >= 4 is 5.91 Å². The number of rotatable bonds is 4. The van der Waals surface area contributed by atoms with Crippen molar-refractivity contribution in [3.05, 3.63) is 12.2 Å². The Balaban J connectivity index is 2.76. The summed E-state index contributed by atoms with van der Waals surface area (Å²) in [6.45, 7) is 7.99. The van der Waals surface area contributed by atoms with E-state index in [1.54, 1.807) is 6.92 Å². The number of hydrogen-bond donors (Lipinski definition) is 1. The molecule has 0 saturated carbocycles. The first-order valence-electron chi connectivity index (χ1n) is 6.89. The predicted octanol–water partition coefficient (Wildman–Crippen LogP) is 2.25. The first-order valence-corrected chi connectivity index (χ1v) is 6.89. The van der Waals surface area contributed by atoms with E-state index < -0.39 is 6.04 Å². The van der Waals surface area contributed by atoms with Crippen LogP contribution in [0.5, 0.6) is 0 Å². The van der Waals surface area contributed by atoms with Gasteiger partial charge in [0.2, 0.25) is 0 Å². The van der Waals surface area contributed by atoms with E-state index in [4.69, 9.17) is 10.6 Å². The average molecular weight is 254 g/mol. The third-order valence-electron chi connectivity index (χ3n) is 3.35. The molecule has 104 valence electrons.